The normalized spacial score (nSPS) is 19.7. The lowest BCUT2D eigenvalue weighted by molar-refractivity contribution is 0.122. The van der Waals surface area contributed by atoms with E-state index in [-0.39, 0.29) is 0 Å². The van der Waals surface area contributed by atoms with E-state index in [0.717, 1.165) is 70.5 Å². The van der Waals surface area contributed by atoms with Crippen molar-refractivity contribution >= 4 is 23.1 Å². The zero-order valence-corrected chi connectivity index (χ0v) is 16.0. The van der Waals surface area contributed by atoms with Crippen LogP contribution in [-0.2, 0) is 11.3 Å². The Hall–Kier alpha value is -1.77. The zero-order chi connectivity index (χ0) is 17.8. The highest BCUT2D eigenvalue weighted by Gasteiger charge is 2.21. The first-order valence-corrected chi connectivity index (χ1v) is 10.2. The Balaban J connectivity index is 1.29. The Bertz CT molecular complexity index is 709. The summed E-state index contributed by atoms with van der Waals surface area (Å²) in [6, 6.07) is 2.44. The van der Waals surface area contributed by atoms with E-state index in [1.165, 1.54) is 10.6 Å². The van der Waals surface area contributed by atoms with Gasteiger partial charge in [-0.1, -0.05) is 0 Å². The van der Waals surface area contributed by atoms with Crippen LogP contribution in [0.2, 0.25) is 0 Å². The maximum atomic E-state index is 5.41. The minimum atomic E-state index is 0.473. The Morgan fingerprint density at radius 2 is 2.00 bits per heavy atom. The number of hydrogen-bond donors (Lipinski definition) is 1. The highest BCUT2D eigenvalue weighted by atomic mass is 32.1. The summed E-state index contributed by atoms with van der Waals surface area (Å²) in [5.74, 6) is 1.73. The molecule has 0 aliphatic carbocycles. The largest absolute Gasteiger partial charge is 0.378 e. The molecule has 0 spiro atoms. The molecule has 2 aromatic rings. The summed E-state index contributed by atoms with van der Waals surface area (Å²) in [5.41, 5.74) is 3.12. The van der Waals surface area contributed by atoms with E-state index in [1.54, 1.807) is 11.3 Å². The molecule has 0 amide bonds. The topological polar surface area (TPSA) is 66.4 Å². The van der Waals surface area contributed by atoms with Gasteiger partial charge < -0.3 is 15.0 Å². The summed E-state index contributed by atoms with van der Waals surface area (Å²) in [7, 11) is 0. The number of aromatic nitrogens is 3. The van der Waals surface area contributed by atoms with E-state index in [4.69, 9.17) is 9.72 Å². The predicted molar refractivity (Wildman–Crippen MR) is 104 cm³/mol. The first-order valence-electron chi connectivity index (χ1n) is 9.31. The first-order chi connectivity index (χ1) is 12.8. The molecule has 2 saturated heterocycles. The summed E-state index contributed by atoms with van der Waals surface area (Å²) in [6.45, 7) is 8.56. The van der Waals surface area contributed by atoms with Gasteiger partial charge in [0.25, 0.3) is 0 Å². The van der Waals surface area contributed by atoms with Crippen molar-refractivity contribution in [3.63, 3.8) is 0 Å². The van der Waals surface area contributed by atoms with Crippen LogP contribution in [0.4, 0.5) is 11.8 Å². The smallest absolute Gasteiger partial charge is 0.227 e. The molecular formula is C18H26N6OS. The van der Waals surface area contributed by atoms with Gasteiger partial charge in [0.2, 0.25) is 5.95 Å². The lowest BCUT2D eigenvalue weighted by atomic mass is 10.0. The number of aryl methyl sites for hydroxylation is 1. The highest BCUT2D eigenvalue weighted by molar-refractivity contribution is 7.09. The van der Waals surface area contributed by atoms with Gasteiger partial charge in [-0.25, -0.2) is 9.97 Å². The number of rotatable bonds is 5. The second-order valence-corrected chi connectivity index (χ2v) is 7.84. The van der Waals surface area contributed by atoms with Gasteiger partial charge in [0, 0.05) is 49.8 Å². The van der Waals surface area contributed by atoms with Crippen molar-refractivity contribution in [3.8, 4) is 0 Å². The Labute approximate surface area is 158 Å². The number of morpholine rings is 1. The van der Waals surface area contributed by atoms with Crippen molar-refractivity contribution in [2.75, 3.05) is 49.6 Å². The standard InChI is InChI=1S/C18H26N6OS/c1-14-16(26-13-20-14)12-23-6-3-15(4-7-23)21-17-2-5-19-18(22-17)24-8-10-25-11-9-24/h2,5,13,15H,3-4,6-12H2,1H3,(H,19,21,22). The second kappa shape index (κ2) is 8.28. The Morgan fingerprint density at radius 3 is 2.73 bits per heavy atom. The molecule has 2 aromatic heterocycles. The van der Waals surface area contributed by atoms with Gasteiger partial charge >= 0.3 is 0 Å². The molecule has 0 aromatic carbocycles. The van der Waals surface area contributed by atoms with Crippen molar-refractivity contribution in [2.24, 2.45) is 0 Å². The van der Waals surface area contributed by atoms with Crippen LogP contribution in [0, 0.1) is 6.92 Å². The van der Waals surface area contributed by atoms with E-state index in [1.807, 2.05) is 17.8 Å². The molecule has 0 bridgehead atoms. The van der Waals surface area contributed by atoms with E-state index in [0.29, 0.717) is 6.04 Å². The van der Waals surface area contributed by atoms with Crippen LogP contribution in [0.15, 0.2) is 17.8 Å². The number of anilines is 2. The average Bonchev–Trinajstić information content (AvgIpc) is 3.09. The molecule has 0 unspecified atom stereocenters. The lowest BCUT2D eigenvalue weighted by Gasteiger charge is -2.32. The summed E-state index contributed by atoms with van der Waals surface area (Å²) in [6.07, 6.45) is 4.12. The molecule has 0 radical (unpaired) electrons. The summed E-state index contributed by atoms with van der Waals surface area (Å²) < 4.78 is 5.41. The van der Waals surface area contributed by atoms with Crippen LogP contribution in [0.1, 0.15) is 23.4 Å². The van der Waals surface area contributed by atoms with Crippen LogP contribution in [-0.4, -0.2) is 65.3 Å². The van der Waals surface area contributed by atoms with Gasteiger partial charge in [-0.15, -0.1) is 11.3 Å². The minimum Gasteiger partial charge on any atom is -0.378 e. The molecule has 7 nitrogen and oxygen atoms in total. The third-order valence-corrected chi connectivity index (χ3v) is 6.01. The van der Waals surface area contributed by atoms with Gasteiger partial charge in [0.05, 0.1) is 24.4 Å². The Morgan fingerprint density at radius 1 is 1.19 bits per heavy atom. The van der Waals surface area contributed by atoms with Crippen molar-refractivity contribution < 1.29 is 4.74 Å². The minimum absolute atomic E-state index is 0.473. The molecule has 1 N–H and O–H groups in total. The predicted octanol–water partition coefficient (Wildman–Crippen LogP) is 2.15. The fourth-order valence-corrected chi connectivity index (χ4v) is 4.29. The van der Waals surface area contributed by atoms with Crippen molar-refractivity contribution in [1.82, 2.24) is 19.9 Å². The molecule has 2 aliphatic rings. The molecule has 0 saturated carbocycles. The molecule has 26 heavy (non-hydrogen) atoms. The van der Waals surface area contributed by atoms with Gasteiger partial charge in [-0.05, 0) is 25.8 Å². The number of ether oxygens (including phenoxy) is 1. The number of piperidine rings is 1. The van der Waals surface area contributed by atoms with Crippen LogP contribution >= 0.6 is 11.3 Å². The highest BCUT2D eigenvalue weighted by Crippen LogP contribution is 2.21. The number of nitrogens with zero attached hydrogens (tertiary/aromatic N) is 5. The van der Waals surface area contributed by atoms with E-state index < -0.39 is 0 Å². The summed E-state index contributed by atoms with van der Waals surface area (Å²) in [5, 5.41) is 3.61. The molecule has 8 heteroatoms. The molecule has 4 rings (SSSR count). The summed E-state index contributed by atoms with van der Waals surface area (Å²) in [4.78, 5) is 19.6. The quantitative estimate of drug-likeness (QED) is 0.860. The number of likely N-dealkylation sites (tertiary alicyclic amines) is 1. The number of thiazole rings is 1. The second-order valence-electron chi connectivity index (χ2n) is 6.90. The van der Waals surface area contributed by atoms with Gasteiger partial charge in [0.15, 0.2) is 0 Å². The molecule has 140 valence electrons. The van der Waals surface area contributed by atoms with Crippen molar-refractivity contribution in [2.45, 2.75) is 32.4 Å². The van der Waals surface area contributed by atoms with Crippen LogP contribution < -0.4 is 10.2 Å². The van der Waals surface area contributed by atoms with Gasteiger partial charge in [-0.2, -0.15) is 4.98 Å². The molecule has 4 heterocycles. The van der Waals surface area contributed by atoms with Crippen LogP contribution in [0.5, 0.6) is 0 Å². The van der Waals surface area contributed by atoms with E-state index in [2.05, 4.69) is 32.0 Å². The fraction of sp³-hybridized carbons (Fsp3) is 0.611. The van der Waals surface area contributed by atoms with Crippen LogP contribution in [0.25, 0.3) is 0 Å². The zero-order valence-electron chi connectivity index (χ0n) is 15.2. The van der Waals surface area contributed by atoms with Crippen molar-refractivity contribution in [3.05, 3.63) is 28.3 Å². The SMILES string of the molecule is Cc1ncsc1CN1CCC(Nc2ccnc(N3CCOCC3)n2)CC1. The van der Waals surface area contributed by atoms with Crippen molar-refractivity contribution in [1.29, 1.82) is 0 Å². The fourth-order valence-electron chi connectivity index (χ4n) is 3.47. The third kappa shape index (κ3) is 4.31. The number of nitrogens with one attached hydrogen (secondary N) is 1. The average molecular weight is 375 g/mol. The molecule has 2 aliphatic heterocycles. The maximum absolute atomic E-state index is 5.41. The lowest BCUT2D eigenvalue weighted by Crippen LogP contribution is -2.39. The van der Waals surface area contributed by atoms with Gasteiger partial charge in [0.1, 0.15) is 5.82 Å². The third-order valence-electron chi connectivity index (χ3n) is 5.09. The first kappa shape index (κ1) is 17.6. The van der Waals surface area contributed by atoms with Gasteiger partial charge in [-0.3, -0.25) is 4.90 Å². The molecule has 2 fully saturated rings. The monoisotopic (exact) mass is 374 g/mol. The maximum Gasteiger partial charge on any atom is 0.227 e. The van der Waals surface area contributed by atoms with Crippen LogP contribution in [0.3, 0.4) is 0 Å². The number of hydrogen-bond acceptors (Lipinski definition) is 8. The van der Waals surface area contributed by atoms with E-state index in [9.17, 15) is 0 Å². The molecule has 0 atom stereocenters. The molecular weight excluding hydrogens is 348 g/mol. The van der Waals surface area contributed by atoms with E-state index >= 15 is 0 Å². The summed E-state index contributed by atoms with van der Waals surface area (Å²) >= 11 is 1.76. The Kier molecular flexibility index (Phi) is 5.62.